The summed E-state index contributed by atoms with van der Waals surface area (Å²) in [6.07, 6.45) is 0. The summed E-state index contributed by atoms with van der Waals surface area (Å²) in [5.41, 5.74) is -0.604. The molecule has 2 aromatic rings. The number of carboxylic acid groups (broad SMARTS) is 1. The Hall–Kier alpha value is -1.71. The number of aromatic carboxylic acids is 1. The fourth-order valence-electron chi connectivity index (χ4n) is 1.35. The van der Waals surface area contributed by atoms with Gasteiger partial charge in [0, 0.05) is 17.0 Å². The number of nitrogens with zero attached hydrogens (tertiary/aromatic N) is 3. The largest absolute Gasteiger partial charge is 0.478 e. The Kier molecular flexibility index (Phi) is 4.21. The van der Waals surface area contributed by atoms with Gasteiger partial charge in [-0.3, -0.25) is 10.1 Å². The molecule has 0 radical (unpaired) electrons. The fourth-order valence-corrected chi connectivity index (χ4v) is 3.38. The summed E-state index contributed by atoms with van der Waals surface area (Å²) in [5, 5.41) is 19.9. The van der Waals surface area contributed by atoms with Gasteiger partial charge >= 0.3 is 5.97 Å². The van der Waals surface area contributed by atoms with Gasteiger partial charge in [0.25, 0.3) is 5.69 Å². The van der Waals surface area contributed by atoms with E-state index in [1.165, 1.54) is 0 Å². The molecule has 0 fully saturated rings. The zero-order valence-electron chi connectivity index (χ0n) is 9.86. The van der Waals surface area contributed by atoms with Gasteiger partial charge in [-0.05, 0) is 18.5 Å². The first-order valence-corrected chi connectivity index (χ1v) is 7.04. The monoisotopic (exact) mass is 331 g/mol. The first kappa shape index (κ1) is 14.7. The number of benzene rings is 1. The smallest absolute Gasteiger partial charge is 0.337 e. The highest BCUT2D eigenvalue weighted by molar-refractivity contribution is 8.01. The molecule has 2 rings (SSSR count). The number of hydrogen-bond acceptors (Lipinski definition) is 7. The van der Waals surface area contributed by atoms with E-state index in [-0.39, 0.29) is 21.2 Å². The number of nitro benzene ring substituents is 1. The van der Waals surface area contributed by atoms with Gasteiger partial charge in [-0.15, -0.1) is 0 Å². The summed E-state index contributed by atoms with van der Waals surface area (Å²) in [4.78, 5) is 25.6. The minimum absolute atomic E-state index is 0.00514. The first-order valence-electron chi connectivity index (χ1n) is 5.08. The molecule has 20 heavy (non-hydrogen) atoms. The van der Waals surface area contributed by atoms with E-state index < -0.39 is 10.9 Å². The van der Waals surface area contributed by atoms with Crippen molar-refractivity contribution in [3.63, 3.8) is 0 Å². The number of halogens is 1. The van der Waals surface area contributed by atoms with Crippen LogP contribution in [0.4, 0.5) is 5.69 Å². The maximum atomic E-state index is 11.2. The van der Waals surface area contributed by atoms with Crippen LogP contribution in [0.15, 0.2) is 21.4 Å². The van der Waals surface area contributed by atoms with Crippen LogP contribution in [0.5, 0.6) is 0 Å². The minimum atomic E-state index is -1.29. The van der Waals surface area contributed by atoms with E-state index >= 15 is 0 Å². The third-order valence-corrected chi connectivity index (χ3v) is 4.56. The molecular weight excluding hydrogens is 326 g/mol. The van der Waals surface area contributed by atoms with Gasteiger partial charge in [-0.2, -0.15) is 4.37 Å². The van der Waals surface area contributed by atoms with Crippen LogP contribution in [-0.4, -0.2) is 25.4 Å². The maximum absolute atomic E-state index is 11.2. The molecule has 1 aromatic heterocycles. The van der Waals surface area contributed by atoms with Crippen LogP contribution in [0.3, 0.4) is 0 Å². The zero-order chi connectivity index (χ0) is 14.9. The Bertz CT molecular complexity index is 704. The molecule has 0 bridgehead atoms. The third kappa shape index (κ3) is 3.06. The first-order chi connectivity index (χ1) is 9.38. The molecule has 1 N–H and O–H groups in total. The van der Waals surface area contributed by atoms with Crippen molar-refractivity contribution in [1.29, 1.82) is 0 Å². The van der Waals surface area contributed by atoms with Crippen molar-refractivity contribution in [2.75, 3.05) is 0 Å². The summed E-state index contributed by atoms with van der Waals surface area (Å²) >= 11 is 8.07. The molecule has 0 aliphatic carbocycles. The Morgan fingerprint density at radius 2 is 2.25 bits per heavy atom. The molecular formula is C10H6ClN3O4S2. The Morgan fingerprint density at radius 1 is 1.55 bits per heavy atom. The fraction of sp³-hybridized carbons (Fsp3) is 0.100. The van der Waals surface area contributed by atoms with Crippen molar-refractivity contribution in [3.05, 3.63) is 38.7 Å². The van der Waals surface area contributed by atoms with Gasteiger partial charge in [0.15, 0.2) is 4.34 Å². The minimum Gasteiger partial charge on any atom is -0.478 e. The molecule has 0 atom stereocenters. The normalized spacial score (nSPS) is 10.5. The number of non-ortho nitro benzene ring substituents is 1. The van der Waals surface area contributed by atoms with Crippen molar-refractivity contribution in [2.24, 2.45) is 0 Å². The lowest BCUT2D eigenvalue weighted by atomic mass is 10.2. The van der Waals surface area contributed by atoms with E-state index in [1.54, 1.807) is 6.92 Å². The molecule has 0 amide bonds. The number of rotatable bonds is 4. The molecule has 1 aromatic carbocycles. The lowest BCUT2D eigenvalue weighted by Gasteiger charge is -2.06. The van der Waals surface area contributed by atoms with E-state index in [1.807, 2.05) is 0 Å². The molecule has 0 saturated heterocycles. The summed E-state index contributed by atoms with van der Waals surface area (Å²) in [6.45, 7) is 1.70. The standard InChI is InChI=1S/C10H6ClN3O4S2/c1-4-12-10(20-13-4)19-8-6(9(15)16)2-5(14(17)18)3-7(8)11/h2-3H,1H3,(H,15,16). The lowest BCUT2D eigenvalue weighted by molar-refractivity contribution is -0.384. The van der Waals surface area contributed by atoms with Gasteiger partial charge in [0.2, 0.25) is 0 Å². The molecule has 104 valence electrons. The highest BCUT2D eigenvalue weighted by Gasteiger charge is 2.21. The predicted molar refractivity (Wildman–Crippen MR) is 73.8 cm³/mol. The van der Waals surface area contributed by atoms with E-state index in [9.17, 15) is 14.9 Å². The number of nitro groups is 1. The highest BCUT2D eigenvalue weighted by Crippen LogP contribution is 2.39. The highest BCUT2D eigenvalue weighted by atomic mass is 35.5. The number of carbonyl (C=O) groups is 1. The Labute approximate surface area is 125 Å². The molecule has 0 saturated carbocycles. The zero-order valence-corrected chi connectivity index (χ0v) is 12.3. The van der Waals surface area contributed by atoms with Crippen LogP contribution >= 0.6 is 34.9 Å². The van der Waals surface area contributed by atoms with Crippen molar-refractivity contribution >= 4 is 46.6 Å². The molecule has 0 aliphatic rings. The molecule has 0 unspecified atom stereocenters. The van der Waals surface area contributed by atoms with Gasteiger partial charge in [0.05, 0.1) is 15.5 Å². The van der Waals surface area contributed by atoms with E-state index in [4.69, 9.17) is 16.7 Å². The summed E-state index contributed by atoms with van der Waals surface area (Å²) in [6, 6.07) is 2.09. The number of aryl methyl sites for hydroxylation is 1. The van der Waals surface area contributed by atoms with Crippen LogP contribution in [0.25, 0.3) is 0 Å². The topological polar surface area (TPSA) is 106 Å². The van der Waals surface area contributed by atoms with Gasteiger partial charge in [0.1, 0.15) is 5.82 Å². The average molecular weight is 332 g/mol. The summed E-state index contributed by atoms with van der Waals surface area (Å²) in [5.74, 6) is -0.730. The van der Waals surface area contributed by atoms with Crippen molar-refractivity contribution in [2.45, 2.75) is 16.2 Å². The second-order valence-electron chi connectivity index (χ2n) is 3.58. The predicted octanol–water partition coefficient (Wildman–Crippen LogP) is 3.26. The SMILES string of the molecule is Cc1nsc(Sc2c(Cl)cc([N+](=O)[O-])cc2C(=O)O)n1. The van der Waals surface area contributed by atoms with Crippen LogP contribution in [0.1, 0.15) is 16.2 Å². The Balaban J connectivity index is 2.51. The van der Waals surface area contributed by atoms with Crippen LogP contribution in [0.2, 0.25) is 5.02 Å². The van der Waals surface area contributed by atoms with Crippen LogP contribution < -0.4 is 0 Å². The second-order valence-corrected chi connectivity index (χ2v) is 5.99. The van der Waals surface area contributed by atoms with E-state index in [0.717, 1.165) is 35.4 Å². The second kappa shape index (κ2) is 5.73. The quantitative estimate of drug-likeness (QED) is 0.676. The van der Waals surface area contributed by atoms with Gasteiger partial charge < -0.3 is 5.11 Å². The molecule has 7 nitrogen and oxygen atoms in total. The Morgan fingerprint density at radius 3 is 2.75 bits per heavy atom. The van der Waals surface area contributed by atoms with Crippen LogP contribution in [-0.2, 0) is 0 Å². The van der Waals surface area contributed by atoms with Crippen molar-refractivity contribution < 1.29 is 14.8 Å². The summed E-state index contributed by atoms with van der Waals surface area (Å²) < 4.78 is 4.49. The molecule has 1 heterocycles. The van der Waals surface area contributed by atoms with E-state index in [2.05, 4.69) is 9.36 Å². The van der Waals surface area contributed by atoms with Crippen molar-refractivity contribution in [3.8, 4) is 0 Å². The number of hydrogen-bond donors (Lipinski definition) is 1. The van der Waals surface area contributed by atoms with Gasteiger partial charge in [-0.25, -0.2) is 9.78 Å². The lowest BCUT2D eigenvalue weighted by Crippen LogP contribution is -2.01. The van der Waals surface area contributed by atoms with Gasteiger partial charge in [-0.1, -0.05) is 23.4 Å². The molecule has 0 spiro atoms. The average Bonchev–Trinajstić information content (AvgIpc) is 2.76. The van der Waals surface area contributed by atoms with E-state index in [0.29, 0.717) is 10.2 Å². The molecule has 10 heteroatoms. The summed E-state index contributed by atoms with van der Waals surface area (Å²) in [7, 11) is 0. The molecule has 0 aliphatic heterocycles. The van der Waals surface area contributed by atoms with Crippen molar-refractivity contribution in [1.82, 2.24) is 9.36 Å². The maximum Gasteiger partial charge on any atom is 0.337 e. The number of carboxylic acids is 1. The third-order valence-electron chi connectivity index (χ3n) is 2.17. The van der Waals surface area contributed by atoms with Crippen LogP contribution in [0, 0.1) is 17.0 Å². The number of aromatic nitrogens is 2.